The number of aryl methyl sites for hydroxylation is 1. The summed E-state index contributed by atoms with van der Waals surface area (Å²) in [7, 11) is -4.02. The molecule has 154 valence electrons. The highest BCUT2D eigenvalue weighted by Crippen LogP contribution is 2.39. The molecular weight excluding hydrogens is 404 g/mol. The van der Waals surface area contributed by atoms with E-state index >= 15 is 0 Å². The number of aromatic nitrogens is 1. The highest BCUT2D eigenvalue weighted by Gasteiger charge is 2.43. The molecule has 0 fully saturated rings. The second-order valence-corrected chi connectivity index (χ2v) is 8.68. The number of esters is 1. The van der Waals surface area contributed by atoms with Gasteiger partial charge in [0.25, 0.3) is 15.9 Å². The van der Waals surface area contributed by atoms with Crippen molar-refractivity contribution in [3.63, 3.8) is 0 Å². The fourth-order valence-electron chi connectivity index (χ4n) is 3.57. The minimum absolute atomic E-state index is 0.0605. The van der Waals surface area contributed by atoms with E-state index in [0.29, 0.717) is 5.56 Å². The van der Waals surface area contributed by atoms with Crippen molar-refractivity contribution in [2.75, 3.05) is 11.5 Å². The van der Waals surface area contributed by atoms with Gasteiger partial charge in [-0.3, -0.25) is 9.69 Å². The molecule has 0 saturated heterocycles. The number of carbonyl (C=O) groups excluding carboxylic acids is 2. The van der Waals surface area contributed by atoms with Gasteiger partial charge in [0.15, 0.2) is 6.04 Å². The molecule has 7 nitrogen and oxygen atoms in total. The van der Waals surface area contributed by atoms with Gasteiger partial charge >= 0.3 is 5.97 Å². The number of carbonyl (C=O) groups is 2. The lowest BCUT2D eigenvalue weighted by atomic mass is 10.1. The molecule has 1 amide bonds. The molecule has 3 aromatic rings. The van der Waals surface area contributed by atoms with Crippen molar-refractivity contribution >= 4 is 27.6 Å². The molecule has 1 unspecified atom stereocenters. The molecule has 1 aliphatic heterocycles. The number of amides is 1. The zero-order valence-electron chi connectivity index (χ0n) is 16.5. The summed E-state index contributed by atoms with van der Waals surface area (Å²) in [6, 6.07) is 14.8. The molecule has 2 heterocycles. The lowest BCUT2D eigenvalue weighted by molar-refractivity contribution is -0.144. The van der Waals surface area contributed by atoms with E-state index in [2.05, 4.69) is 0 Å². The first-order valence-corrected chi connectivity index (χ1v) is 10.9. The third kappa shape index (κ3) is 3.09. The van der Waals surface area contributed by atoms with Crippen LogP contribution < -0.4 is 4.90 Å². The Kier molecular flexibility index (Phi) is 4.95. The van der Waals surface area contributed by atoms with Gasteiger partial charge in [0.05, 0.1) is 18.0 Å². The Bertz CT molecular complexity index is 1230. The van der Waals surface area contributed by atoms with Gasteiger partial charge in [0.1, 0.15) is 4.90 Å². The molecule has 0 saturated carbocycles. The molecule has 30 heavy (non-hydrogen) atoms. The van der Waals surface area contributed by atoms with Crippen LogP contribution in [0.2, 0.25) is 0 Å². The van der Waals surface area contributed by atoms with Crippen LogP contribution in [0.4, 0.5) is 5.69 Å². The van der Waals surface area contributed by atoms with Crippen molar-refractivity contribution < 1.29 is 22.7 Å². The van der Waals surface area contributed by atoms with E-state index in [1.165, 1.54) is 35.4 Å². The molecule has 2 aromatic carbocycles. The van der Waals surface area contributed by atoms with Gasteiger partial charge in [-0.05, 0) is 50.2 Å². The van der Waals surface area contributed by atoms with Crippen LogP contribution in [0.5, 0.6) is 0 Å². The van der Waals surface area contributed by atoms with Crippen molar-refractivity contribution in [3.8, 4) is 0 Å². The predicted octanol–water partition coefficient (Wildman–Crippen LogP) is 3.30. The number of fused-ring (bicyclic) bond motifs is 2. The van der Waals surface area contributed by atoms with E-state index in [0.717, 1.165) is 9.54 Å². The average Bonchev–Trinajstić information content (AvgIpc) is 3.19. The Morgan fingerprint density at radius 1 is 1.00 bits per heavy atom. The van der Waals surface area contributed by atoms with Gasteiger partial charge in [-0.1, -0.05) is 29.8 Å². The number of rotatable bonds is 3. The smallest absolute Gasteiger partial charge is 0.335 e. The fraction of sp³-hybridized carbons (Fsp3) is 0.182. The van der Waals surface area contributed by atoms with Crippen molar-refractivity contribution in [1.82, 2.24) is 3.97 Å². The summed E-state index contributed by atoms with van der Waals surface area (Å²) in [6.07, 6.45) is 1.37. The largest absolute Gasteiger partial charge is 0.464 e. The third-order valence-electron chi connectivity index (χ3n) is 4.97. The quantitative estimate of drug-likeness (QED) is 0.602. The number of hydrogen-bond acceptors (Lipinski definition) is 5. The van der Waals surface area contributed by atoms with Crippen LogP contribution in [-0.4, -0.2) is 30.9 Å². The molecule has 1 aromatic heterocycles. The minimum atomic E-state index is -4.02. The summed E-state index contributed by atoms with van der Waals surface area (Å²) in [4.78, 5) is 27.8. The minimum Gasteiger partial charge on any atom is -0.464 e. The molecule has 0 radical (unpaired) electrons. The summed E-state index contributed by atoms with van der Waals surface area (Å²) in [5.74, 6) is -1.20. The van der Waals surface area contributed by atoms with Crippen LogP contribution in [-0.2, 0) is 19.6 Å². The predicted molar refractivity (Wildman–Crippen MR) is 111 cm³/mol. The lowest BCUT2D eigenvalue weighted by Gasteiger charge is -2.29. The molecule has 8 heteroatoms. The standard InChI is InChI=1S/C22H20N2O5S/c1-3-29-22(26)20-18-8-6-14-23(18)30(27,28)19-9-5-4-7-17(19)24(20)21(25)16-12-10-15(2)11-13-16/h4-14,20H,3H2,1-2H3. The number of para-hydroxylation sites is 1. The van der Waals surface area contributed by atoms with Crippen LogP contribution in [0.25, 0.3) is 0 Å². The lowest BCUT2D eigenvalue weighted by Crippen LogP contribution is -2.40. The monoisotopic (exact) mass is 424 g/mol. The van der Waals surface area contributed by atoms with Gasteiger partial charge in [0, 0.05) is 11.8 Å². The van der Waals surface area contributed by atoms with Crippen molar-refractivity contribution in [2.24, 2.45) is 0 Å². The van der Waals surface area contributed by atoms with Gasteiger partial charge < -0.3 is 4.74 Å². The number of ether oxygens (including phenoxy) is 1. The van der Waals surface area contributed by atoms with Gasteiger partial charge in [-0.15, -0.1) is 0 Å². The first-order valence-electron chi connectivity index (χ1n) is 9.45. The second-order valence-electron chi connectivity index (χ2n) is 6.90. The number of benzene rings is 2. The van der Waals surface area contributed by atoms with E-state index in [1.807, 2.05) is 6.92 Å². The molecular formula is C22H20N2O5S. The zero-order valence-corrected chi connectivity index (χ0v) is 17.3. The fourth-order valence-corrected chi connectivity index (χ4v) is 5.13. The summed E-state index contributed by atoms with van der Waals surface area (Å²) in [5, 5.41) is 0. The molecule has 4 rings (SSSR count). The summed E-state index contributed by atoms with van der Waals surface area (Å²) in [5.41, 5.74) is 1.58. The highest BCUT2D eigenvalue weighted by molar-refractivity contribution is 7.90. The summed E-state index contributed by atoms with van der Waals surface area (Å²) in [6.45, 7) is 3.65. The third-order valence-corrected chi connectivity index (χ3v) is 6.72. The van der Waals surface area contributed by atoms with E-state index in [-0.39, 0.29) is 22.9 Å². The van der Waals surface area contributed by atoms with Gasteiger partial charge in [0.2, 0.25) is 0 Å². The maximum absolute atomic E-state index is 13.6. The van der Waals surface area contributed by atoms with Crippen LogP contribution >= 0.6 is 0 Å². The molecule has 0 N–H and O–H groups in total. The van der Waals surface area contributed by atoms with Crippen LogP contribution in [0.1, 0.15) is 34.6 Å². The highest BCUT2D eigenvalue weighted by atomic mass is 32.2. The van der Waals surface area contributed by atoms with Gasteiger partial charge in [-0.2, -0.15) is 0 Å². The normalized spacial score (nSPS) is 16.9. The maximum Gasteiger partial charge on any atom is 0.335 e. The topological polar surface area (TPSA) is 85.7 Å². The average molecular weight is 424 g/mol. The summed E-state index contributed by atoms with van der Waals surface area (Å²) >= 11 is 0. The second kappa shape index (κ2) is 7.46. The van der Waals surface area contributed by atoms with E-state index in [4.69, 9.17) is 4.74 Å². The Morgan fingerprint density at radius 2 is 1.70 bits per heavy atom. The Hall–Kier alpha value is -3.39. The van der Waals surface area contributed by atoms with Crippen LogP contribution in [0, 0.1) is 6.92 Å². The molecule has 0 spiro atoms. The van der Waals surface area contributed by atoms with Crippen LogP contribution in [0.3, 0.4) is 0 Å². The van der Waals surface area contributed by atoms with Crippen LogP contribution in [0.15, 0.2) is 71.8 Å². The molecule has 0 bridgehead atoms. The Labute approximate surface area is 174 Å². The number of nitrogens with zero attached hydrogens (tertiary/aromatic N) is 2. The van der Waals surface area contributed by atoms with Crippen molar-refractivity contribution in [1.29, 1.82) is 0 Å². The van der Waals surface area contributed by atoms with Crippen molar-refractivity contribution in [3.05, 3.63) is 83.7 Å². The number of anilines is 1. The van der Waals surface area contributed by atoms with Gasteiger partial charge in [-0.25, -0.2) is 17.2 Å². The SMILES string of the molecule is CCOC(=O)C1c2cccn2S(=O)(=O)c2ccccc2N1C(=O)c1ccc(C)cc1. The Morgan fingerprint density at radius 3 is 2.40 bits per heavy atom. The Balaban J connectivity index is 2.02. The maximum atomic E-state index is 13.6. The zero-order chi connectivity index (χ0) is 21.5. The molecule has 1 aliphatic rings. The summed E-state index contributed by atoms with van der Waals surface area (Å²) < 4.78 is 32.9. The van der Waals surface area contributed by atoms with E-state index < -0.39 is 27.9 Å². The van der Waals surface area contributed by atoms with Crippen molar-refractivity contribution in [2.45, 2.75) is 24.8 Å². The first-order chi connectivity index (χ1) is 14.4. The van der Waals surface area contributed by atoms with E-state index in [9.17, 15) is 18.0 Å². The molecule has 1 atom stereocenters. The molecule has 0 aliphatic carbocycles. The number of hydrogen-bond donors (Lipinski definition) is 0. The van der Waals surface area contributed by atoms with E-state index in [1.54, 1.807) is 43.3 Å². The first kappa shape index (κ1) is 19.9.